The van der Waals surface area contributed by atoms with Gasteiger partial charge in [-0.15, -0.1) is 0 Å². The topological polar surface area (TPSA) is 53.0 Å². The van der Waals surface area contributed by atoms with Crippen molar-refractivity contribution in [1.29, 1.82) is 0 Å². The molecule has 0 aromatic carbocycles. The summed E-state index contributed by atoms with van der Waals surface area (Å²) in [6, 6.07) is 0. The van der Waals surface area contributed by atoms with E-state index < -0.39 is 5.97 Å². The van der Waals surface area contributed by atoms with Gasteiger partial charge in [-0.2, -0.15) is 0 Å². The summed E-state index contributed by atoms with van der Waals surface area (Å²) in [6.45, 7) is 1.69. The maximum absolute atomic E-state index is 10.4. The first kappa shape index (κ1) is 8.20. The monoisotopic (exact) mass is 214 g/mol. The Morgan fingerprint density at radius 2 is 2.27 bits per heavy atom. The lowest BCUT2D eigenvalue weighted by molar-refractivity contribution is -0.255. The van der Waals surface area contributed by atoms with Crippen molar-refractivity contribution in [2.45, 2.75) is 6.92 Å². The number of pyridine rings is 1. The van der Waals surface area contributed by atoms with Crippen LogP contribution in [0.1, 0.15) is 15.9 Å². The fourth-order valence-electron chi connectivity index (χ4n) is 0.705. The van der Waals surface area contributed by atoms with Crippen molar-refractivity contribution in [2.75, 3.05) is 0 Å². The summed E-state index contributed by atoms with van der Waals surface area (Å²) < 4.78 is 0.680. The first-order valence-corrected chi connectivity index (χ1v) is 3.73. The Labute approximate surface area is 72.2 Å². The van der Waals surface area contributed by atoms with E-state index in [9.17, 15) is 9.90 Å². The van der Waals surface area contributed by atoms with Gasteiger partial charge in [0.25, 0.3) is 0 Å². The van der Waals surface area contributed by atoms with Crippen LogP contribution in [0, 0.1) is 6.92 Å². The Hall–Kier alpha value is -0.900. The molecule has 4 heteroatoms. The molecule has 0 radical (unpaired) electrons. The molecule has 58 valence electrons. The van der Waals surface area contributed by atoms with Crippen molar-refractivity contribution in [2.24, 2.45) is 0 Å². The largest absolute Gasteiger partial charge is 0.545 e. The lowest BCUT2D eigenvalue weighted by Gasteiger charge is -2.06. The summed E-state index contributed by atoms with van der Waals surface area (Å²) in [5, 5.41) is 10.4. The molecule has 0 amide bonds. The fraction of sp³-hybridized carbons (Fsp3) is 0.143. The molecule has 0 saturated heterocycles. The van der Waals surface area contributed by atoms with Gasteiger partial charge in [0.2, 0.25) is 0 Å². The second-order valence-corrected chi connectivity index (χ2v) is 2.94. The SMILES string of the molecule is Cc1c(Br)cncc1C(=O)[O-]. The van der Waals surface area contributed by atoms with Crippen molar-refractivity contribution >= 4 is 21.9 Å². The first-order valence-electron chi connectivity index (χ1n) is 2.94. The lowest BCUT2D eigenvalue weighted by atomic mass is 10.2. The second kappa shape index (κ2) is 3.00. The number of nitrogens with zero attached hydrogens (tertiary/aromatic N) is 1. The fourth-order valence-corrected chi connectivity index (χ4v) is 1.04. The third-order valence-electron chi connectivity index (χ3n) is 1.37. The van der Waals surface area contributed by atoms with Crippen molar-refractivity contribution in [3.8, 4) is 0 Å². The Balaban J connectivity index is 3.27. The van der Waals surface area contributed by atoms with Crippen LogP contribution in [0.5, 0.6) is 0 Å². The number of aromatic carboxylic acids is 1. The highest BCUT2D eigenvalue weighted by Crippen LogP contribution is 2.16. The van der Waals surface area contributed by atoms with E-state index in [1.165, 1.54) is 6.20 Å². The highest BCUT2D eigenvalue weighted by atomic mass is 79.9. The number of halogens is 1. The predicted octanol–water partition coefficient (Wildman–Crippen LogP) is 0.516. The van der Waals surface area contributed by atoms with Crippen LogP contribution >= 0.6 is 15.9 Å². The van der Waals surface area contributed by atoms with Crippen LogP contribution in [0.15, 0.2) is 16.9 Å². The maximum Gasteiger partial charge on any atom is 0.0733 e. The van der Waals surface area contributed by atoms with Crippen molar-refractivity contribution < 1.29 is 9.90 Å². The molecule has 3 nitrogen and oxygen atoms in total. The quantitative estimate of drug-likeness (QED) is 0.685. The zero-order chi connectivity index (χ0) is 8.43. The molecule has 0 aliphatic rings. The van der Waals surface area contributed by atoms with E-state index in [2.05, 4.69) is 20.9 Å². The van der Waals surface area contributed by atoms with E-state index in [1.807, 2.05) is 0 Å². The highest BCUT2D eigenvalue weighted by Gasteiger charge is 2.01. The molecule has 0 fully saturated rings. The molecular weight excluding hydrogens is 210 g/mol. The summed E-state index contributed by atoms with van der Waals surface area (Å²) in [4.78, 5) is 14.1. The van der Waals surface area contributed by atoms with Crippen molar-refractivity contribution in [3.63, 3.8) is 0 Å². The van der Waals surface area contributed by atoms with Gasteiger partial charge in [-0.05, 0) is 28.4 Å². The molecule has 0 bridgehead atoms. The molecule has 1 aromatic heterocycles. The van der Waals surface area contributed by atoms with Crippen LogP contribution < -0.4 is 5.11 Å². The van der Waals surface area contributed by atoms with Gasteiger partial charge in [-0.1, -0.05) is 0 Å². The number of carbonyl (C=O) groups is 1. The van der Waals surface area contributed by atoms with Gasteiger partial charge in [0.15, 0.2) is 0 Å². The molecule has 11 heavy (non-hydrogen) atoms. The molecule has 0 spiro atoms. The molecule has 0 atom stereocenters. The lowest BCUT2D eigenvalue weighted by Crippen LogP contribution is -2.23. The van der Waals surface area contributed by atoms with Gasteiger partial charge in [0.05, 0.1) is 5.97 Å². The molecule has 0 saturated carbocycles. The van der Waals surface area contributed by atoms with Crippen LogP contribution in [0.2, 0.25) is 0 Å². The zero-order valence-electron chi connectivity index (χ0n) is 5.80. The van der Waals surface area contributed by atoms with Gasteiger partial charge in [-0.25, -0.2) is 0 Å². The van der Waals surface area contributed by atoms with Crippen molar-refractivity contribution in [3.05, 3.63) is 28.0 Å². The molecule has 0 aliphatic heterocycles. The third-order valence-corrected chi connectivity index (χ3v) is 2.17. The van der Waals surface area contributed by atoms with Crippen molar-refractivity contribution in [1.82, 2.24) is 4.98 Å². The summed E-state index contributed by atoms with van der Waals surface area (Å²) in [5.41, 5.74) is 0.763. The standard InChI is InChI=1S/C7H6BrNO2/c1-4-5(7(10)11)2-9-3-6(4)8/h2-3H,1H3,(H,10,11)/p-1. The van der Waals surface area contributed by atoms with Gasteiger partial charge in [0, 0.05) is 22.4 Å². The molecular formula is C7H5BrNO2-. The summed E-state index contributed by atoms with van der Waals surface area (Å²) in [6.07, 6.45) is 2.82. The van der Waals surface area contributed by atoms with Crippen LogP contribution in [0.25, 0.3) is 0 Å². The van der Waals surface area contributed by atoms with Gasteiger partial charge in [0.1, 0.15) is 0 Å². The van der Waals surface area contributed by atoms with E-state index in [0.29, 0.717) is 10.0 Å². The molecule has 1 rings (SSSR count). The number of carboxylic acids is 1. The summed E-state index contributed by atoms with van der Waals surface area (Å²) in [5.74, 6) is -1.20. The summed E-state index contributed by atoms with van der Waals surface area (Å²) >= 11 is 3.16. The van der Waals surface area contributed by atoms with E-state index in [1.54, 1.807) is 13.1 Å². The smallest absolute Gasteiger partial charge is 0.0733 e. The number of hydrogen-bond donors (Lipinski definition) is 0. The van der Waals surface area contributed by atoms with Gasteiger partial charge < -0.3 is 9.90 Å². The number of rotatable bonds is 1. The Kier molecular flexibility index (Phi) is 2.24. The maximum atomic E-state index is 10.4. The number of aromatic nitrogens is 1. The zero-order valence-corrected chi connectivity index (χ0v) is 7.38. The number of hydrogen-bond acceptors (Lipinski definition) is 3. The molecule has 0 N–H and O–H groups in total. The minimum Gasteiger partial charge on any atom is -0.545 e. The minimum absolute atomic E-state index is 0.124. The van der Waals surface area contributed by atoms with Crippen LogP contribution in [0.4, 0.5) is 0 Å². The summed E-state index contributed by atoms with van der Waals surface area (Å²) in [7, 11) is 0. The highest BCUT2D eigenvalue weighted by molar-refractivity contribution is 9.10. The molecule has 0 unspecified atom stereocenters. The van der Waals surface area contributed by atoms with Crippen LogP contribution in [-0.4, -0.2) is 11.0 Å². The average molecular weight is 215 g/mol. The second-order valence-electron chi connectivity index (χ2n) is 2.08. The van der Waals surface area contributed by atoms with Crippen LogP contribution in [0.3, 0.4) is 0 Å². The Morgan fingerprint density at radius 3 is 2.73 bits per heavy atom. The third kappa shape index (κ3) is 1.57. The van der Waals surface area contributed by atoms with E-state index in [4.69, 9.17) is 0 Å². The predicted molar refractivity (Wildman–Crippen MR) is 41.0 cm³/mol. The molecule has 1 aromatic rings. The van der Waals surface area contributed by atoms with Gasteiger partial charge >= 0.3 is 0 Å². The van der Waals surface area contributed by atoms with Gasteiger partial charge in [-0.3, -0.25) is 4.98 Å². The first-order chi connectivity index (χ1) is 5.13. The number of carboxylic acid groups (broad SMARTS) is 1. The van der Waals surface area contributed by atoms with E-state index in [-0.39, 0.29) is 5.56 Å². The minimum atomic E-state index is -1.20. The molecule has 0 aliphatic carbocycles. The number of carbonyl (C=O) groups excluding carboxylic acids is 1. The van der Waals surface area contributed by atoms with Crippen LogP contribution in [-0.2, 0) is 0 Å². The van der Waals surface area contributed by atoms with E-state index >= 15 is 0 Å². The normalized spacial score (nSPS) is 9.64. The molecule has 1 heterocycles. The Morgan fingerprint density at radius 1 is 1.64 bits per heavy atom. The van der Waals surface area contributed by atoms with E-state index in [0.717, 1.165) is 0 Å². The Bertz CT molecular complexity index is 298. The average Bonchev–Trinajstić information content (AvgIpc) is 1.94.